The van der Waals surface area contributed by atoms with Crippen molar-refractivity contribution in [2.24, 2.45) is 0 Å². The molecule has 0 aliphatic heterocycles. The molecule has 4 nitrogen and oxygen atoms in total. The molecule has 0 saturated carbocycles. The van der Waals surface area contributed by atoms with Crippen LogP contribution >= 0.6 is 0 Å². The number of benzene rings is 9. The molecular formula is C56H34N4. The third-order valence-corrected chi connectivity index (χ3v) is 11.8. The van der Waals surface area contributed by atoms with Crippen LogP contribution in [0, 0.1) is 22.7 Å². The second-order valence-corrected chi connectivity index (χ2v) is 15.2. The molecule has 0 fully saturated rings. The van der Waals surface area contributed by atoms with Crippen LogP contribution in [0.3, 0.4) is 0 Å². The van der Waals surface area contributed by atoms with E-state index in [0.717, 1.165) is 66.9 Å². The lowest BCUT2D eigenvalue weighted by molar-refractivity contribution is 1.17. The zero-order valence-electron chi connectivity index (χ0n) is 32.4. The number of rotatable bonds is 6. The molecule has 0 aliphatic carbocycles. The Balaban J connectivity index is 1.02. The standard InChI is InChI=1S/C56H34N4/c57-35-37-15-19-39(20-16-37)43-7-5-9-45(33-43)41-23-27-47(28-24-41)59-53-14-4-2-12-51(53)55-54(59)32-31-50-49-11-1-3-13-52(49)60(56(50)55)48-29-25-42(26-30-48)46-10-6-8-44(34-46)40-21-17-38(36-58)18-22-40/h1-34H. The molecule has 0 spiro atoms. The highest BCUT2D eigenvalue weighted by Crippen LogP contribution is 2.42. The lowest BCUT2D eigenvalue weighted by Crippen LogP contribution is -1.95. The van der Waals surface area contributed by atoms with Gasteiger partial charge in [0.2, 0.25) is 0 Å². The van der Waals surface area contributed by atoms with Crippen molar-refractivity contribution >= 4 is 43.6 Å². The maximum Gasteiger partial charge on any atom is 0.0991 e. The number of para-hydroxylation sites is 2. The Labute approximate surface area is 347 Å². The molecule has 9 aromatic carbocycles. The molecule has 0 N–H and O–H groups in total. The second kappa shape index (κ2) is 14.2. The van der Waals surface area contributed by atoms with E-state index in [-0.39, 0.29) is 0 Å². The summed E-state index contributed by atoms with van der Waals surface area (Å²) >= 11 is 0. The van der Waals surface area contributed by atoms with E-state index in [2.05, 4.69) is 179 Å². The number of nitrogens with zero attached hydrogens (tertiary/aromatic N) is 4. The van der Waals surface area contributed by atoms with Crippen LogP contribution in [-0.2, 0) is 0 Å². The predicted octanol–water partition coefficient (Wildman–Crippen LogP) is 14.3. The van der Waals surface area contributed by atoms with Crippen molar-refractivity contribution in [2.75, 3.05) is 0 Å². The Bertz CT molecular complexity index is 3520. The summed E-state index contributed by atoms with van der Waals surface area (Å²) in [6.07, 6.45) is 0. The predicted molar refractivity (Wildman–Crippen MR) is 246 cm³/mol. The molecule has 0 saturated heterocycles. The quantitative estimate of drug-likeness (QED) is 0.169. The Morgan fingerprint density at radius 1 is 0.300 bits per heavy atom. The van der Waals surface area contributed by atoms with E-state index in [1.807, 2.05) is 48.5 Å². The monoisotopic (exact) mass is 762 g/mol. The highest BCUT2D eigenvalue weighted by atomic mass is 15.0. The van der Waals surface area contributed by atoms with E-state index in [1.165, 1.54) is 32.6 Å². The van der Waals surface area contributed by atoms with Gasteiger partial charge in [0, 0.05) is 32.9 Å². The van der Waals surface area contributed by atoms with Crippen LogP contribution in [0.25, 0.3) is 99.5 Å². The molecule has 0 unspecified atom stereocenters. The Morgan fingerprint density at radius 3 is 1.20 bits per heavy atom. The van der Waals surface area contributed by atoms with Gasteiger partial charge in [0.25, 0.3) is 0 Å². The van der Waals surface area contributed by atoms with Crippen molar-refractivity contribution in [3.8, 4) is 68.0 Å². The number of hydrogen-bond donors (Lipinski definition) is 0. The molecule has 0 aliphatic rings. The van der Waals surface area contributed by atoms with Crippen LogP contribution in [0.15, 0.2) is 206 Å². The summed E-state index contributed by atoms with van der Waals surface area (Å²) in [4.78, 5) is 0. The number of fused-ring (bicyclic) bond motifs is 7. The van der Waals surface area contributed by atoms with E-state index in [1.54, 1.807) is 0 Å². The van der Waals surface area contributed by atoms with Crippen LogP contribution < -0.4 is 0 Å². The van der Waals surface area contributed by atoms with Gasteiger partial charge in [-0.05, 0) is 123 Å². The summed E-state index contributed by atoms with van der Waals surface area (Å²) in [6, 6.07) is 76.9. The van der Waals surface area contributed by atoms with E-state index in [9.17, 15) is 10.5 Å². The van der Waals surface area contributed by atoms with Gasteiger partial charge >= 0.3 is 0 Å². The molecule has 4 heteroatoms. The van der Waals surface area contributed by atoms with Gasteiger partial charge < -0.3 is 9.13 Å². The van der Waals surface area contributed by atoms with Crippen molar-refractivity contribution in [2.45, 2.75) is 0 Å². The smallest absolute Gasteiger partial charge is 0.0991 e. The van der Waals surface area contributed by atoms with Gasteiger partial charge in [0.05, 0.1) is 45.3 Å². The van der Waals surface area contributed by atoms with Crippen LogP contribution in [-0.4, -0.2) is 9.13 Å². The molecule has 0 radical (unpaired) electrons. The average molecular weight is 763 g/mol. The third kappa shape index (κ3) is 5.75. The lowest BCUT2D eigenvalue weighted by Gasteiger charge is -2.12. The maximum absolute atomic E-state index is 9.27. The van der Waals surface area contributed by atoms with Crippen molar-refractivity contribution in [1.29, 1.82) is 10.5 Å². The van der Waals surface area contributed by atoms with E-state index < -0.39 is 0 Å². The Hall–Kier alpha value is -8.44. The Morgan fingerprint density at radius 2 is 0.717 bits per heavy atom. The molecule has 0 atom stereocenters. The molecule has 0 bridgehead atoms. The molecule has 11 aromatic rings. The summed E-state index contributed by atoms with van der Waals surface area (Å²) in [5.41, 5.74) is 17.2. The molecule has 60 heavy (non-hydrogen) atoms. The first kappa shape index (κ1) is 34.8. The summed E-state index contributed by atoms with van der Waals surface area (Å²) in [7, 11) is 0. The lowest BCUT2D eigenvalue weighted by atomic mass is 9.98. The van der Waals surface area contributed by atoms with Gasteiger partial charge in [-0.25, -0.2) is 0 Å². The number of hydrogen-bond acceptors (Lipinski definition) is 2. The largest absolute Gasteiger partial charge is 0.309 e. The highest BCUT2D eigenvalue weighted by molar-refractivity contribution is 6.26. The van der Waals surface area contributed by atoms with Crippen LogP contribution in [0.4, 0.5) is 0 Å². The fourth-order valence-electron chi connectivity index (χ4n) is 8.89. The van der Waals surface area contributed by atoms with Gasteiger partial charge in [-0.3, -0.25) is 0 Å². The summed E-state index contributed by atoms with van der Waals surface area (Å²) in [5.74, 6) is 0. The van der Waals surface area contributed by atoms with E-state index >= 15 is 0 Å². The van der Waals surface area contributed by atoms with Gasteiger partial charge in [0.15, 0.2) is 0 Å². The number of aromatic nitrogens is 2. The number of nitriles is 2. The highest BCUT2D eigenvalue weighted by Gasteiger charge is 2.21. The zero-order valence-corrected chi connectivity index (χ0v) is 32.4. The summed E-state index contributed by atoms with van der Waals surface area (Å²) in [6.45, 7) is 0. The molecule has 0 amide bonds. The first-order valence-electron chi connectivity index (χ1n) is 20.0. The fourth-order valence-corrected chi connectivity index (χ4v) is 8.89. The van der Waals surface area contributed by atoms with E-state index in [0.29, 0.717) is 11.1 Å². The third-order valence-electron chi connectivity index (χ3n) is 11.8. The normalized spacial score (nSPS) is 11.3. The summed E-state index contributed by atoms with van der Waals surface area (Å²) in [5, 5.41) is 23.4. The molecule has 2 heterocycles. The minimum Gasteiger partial charge on any atom is -0.309 e. The summed E-state index contributed by atoms with van der Waals surface area (Å²) < 4.78 is 4.83. The molecule has 11 rings (SSSR count). The maximum atomic E-state index is 9.27. The van der Waals surface area contributed by atoms with Crippen molar-refractivity contribution in [3.63, 3.8) is 0 Å². The minimum atomic E-state index is 0.659. The topological polar surface area (TPSA) is 57.4 Å². The molecular weight excluding hydrogens is 729 g/mol. The van der Waals surface area contributed by atoms with Crippen LogP contribution in [0.1, 0.15) is 11.1 Å². The molecule has 2 aromatic heterocycles. The van der Waals surface area contributed by atoms with Crippen molar-refractivity contribution < 1.29 is 0 Å². The van der Waals surface area contributed by atoms with Gasteiger partial charge in [-0.2, -0.15) is 10.5 Å². The van der Waals surface area contributed by atoms with Gasteiger partial charge in [-0.15, -0.1) is 0 Å². The van der Waals surface area contributed by atoms with Crippen LogP contribution in [0.5, 0.6) is 0 Å². The first-order valence-corrected chi connectivity index (χ1v) is 20.0. The van der Waals surface area contributed by atoms with Crippen molar-refractivity contribution in [1.82, 2.24) is 9.13 Å². The average Bonchev–Trinajstić information content (AvgIpc) is 3.85. The van der Waals surface area contributed by atoms with Gasteiger partial charge in [0.1, 0.15) is 0 Å². The van der Waals surface area contributed by atoms with Crippen molar-refractivity contribution in [3.05, 3.63) is 217 Å². The first-order chi connectivity index (χ1) is 29.6. The second-order valence-electron chi connectivity index (χ2n) is 15.2. The van der Waals surface area contributed by atoms with Crippen LogP contribution in [0.2, 0.25) is 0 Å². The minimum absolute atomic E-state index is 0.659. The van der Waals surface area contributed by atoms with Gasteiger partial charge in [-0.1, -0.05) is 127 Å². The van der Waals surface area contributed by atoms with E-state index in [4.69, 9.17) is 0 Å². The Kier molecular flexibility index (Phi) is 8.22. The molecule has 278 valence electrons. The zero-order chi connectivity index (χ0) is 40.2. The fraction of sp³-hybridized carbons (Fsp3) is 0. The SMILES string of the molecule is N#Cc1ccc(-c2cccc(-c3ccc(-n4c5ccccc5c5c4ccc4c6ccccc6n(-c6ccc(-c7cccc(-c8ccc(C#N)cc8)c7)cc6)c45)cc3)c2)cc1.